The van der Waals surface area contributed by atoms with Crippen LogP contribution in [0.25, 0.3) is 0 Å². The molecule has 7 nitrogen and oxygen atoms in total. The number of carbonyl (C=O) groups is 2. The van der Waals surface area contributed by atoms with Crippen molar-refractivity contribution in [3.63, 3.8) is 0 Å². The van der Waals surface area contributed by atoms with Gasteiger partial charge in [-0.3, -0.25) is 4.79 Å². The summed E-state index contributed by atoms with van der Waals surface area (Å²) in [6, 6.07) is -1.95. The van der Waals surface area contributed by atoms with Crippen molar-refractivity contribution in [2.45, 2.75) is 52.1 Å². The fourth-order valence-corrected chi connectivity index (χ4v) is 2.48. The highest BCUT2D eigenvalue weighted by Crippen LogP contribution is 2.07. The number of rotatable bonds is 9. The van der Waals surface area contributed by atoms with Crippen molar-refractivity contribution in [3.05, 3.63) is 0 Å². The van der Waals surface area contributed by atoms with Gasteiger partial charge in [0.15, 0.2) is 0 Å². The monoisotopic (exact) mass is 308 g/mol. The summed E-state index contributed by atoms with van der Waals surface area (Å²) in [5.41, 5.74) is 0. The highest BCUT2D eigenvalue weighted by molar-refractivity contribution is 7.88. The molecular formula is C12H24N2O5S. The first-order valence-electron chi connectivity index (χ1n) is 6.57. The Morgan fingerprint density at radius 2 is 1.75 bits per heavy atom. The lowest BCUT2D eigenvalue weighted by atomic mass is 10.0. The number of hydrogen-bond donors (Lipinski definition) is 3. The van der Waals surface area contributed by atoms with E-state index in [1.807, 2.05) is 20.8 Å². The topological polar surface area (TPSA) is 113 Å². The van der Waals surface area contributed by atoms with E-state index in [0.29, 0.717) is 19.3 Å². The minimum Gasteiger partial charge on any atom is -0.480 e. The minimum absolute atomic E-state index is 0.0921. The number of carboxylic acid groups (broad SMARTS) is 1. The molecular weight excluding hydrogens is 284 g/mol. The first kappa shape index (κ1) is 18.9. The number of hydrogen-bond acceptors (Lipinski definition) is 4. The van der Waals surface area contributed by atoms with Crippen LogP contribution < -0.4 is 10.0 Å². The van der Waals surface area contributed by atoms with Crippen molar-refractivity contribution in [1.82, 2.24) is 10.0 Å². The van der Waals surface area contributed by atoms with Gasteiger partial charge in [0.25, 0.3) is 0 Å². The highest BCUT2D eigenvalue weighted by atomic mass is 32.2. The lowest BCUT2D eigenvalue weighted by molar-refractivity contribution is -0.142. The van der Waals surface area contributed by atoms with Gasteiger partial charge in [-0.2, -0.15) is 0 Å². The Labute approximate surface area is 120 Å². The fourth-order valence-electron chi connectivity index (χ4n) is 1.76. The van der Waals surface area contributed by atoms with Crippen molar-refractivity contribution in [1.29, 1.82) is 0 Å². The quantitative estimate of drug-likeness (QED) is 0.568. The highest BCUT2D eigenvalue weighted by Gasteiger charge is 2.27. The zero-order valence-corrected chi connectivity index (χ0v) is 13.2. The molecule has 0 aromatic heterocycles. The molecule has 1 amide bonds. The summed E-state index contributed by atoms with van der Waals surface area (Å²) in [5, 5.41) is 11.4. The van der Waals surface area contributed by atoms with Crippen molar-refractivity contribution >= 4 is 21.9 Å². The first-order chi connectivity index (χ1) is 9.06. The van der Waals surface area contributed by atoms with E-state index in [1.165, 1.54) is 0 Å². The Morgan fingerprint density at radius 3 is 2.10 bits per heavy atom. The minimum atomic E-state index is -3.54. The fraction of sp³-hybridized carbons (Fsp3) is 0.833. The molecule has 0 bridgehead atoms. The van der Waals surface area contributed by atoms with Gasteiger partial charge >= 0.3 is 5.97 Å². The molecule has 0 aliphatic rings. The molecule has 0 rings (SSSR count). The number of amides is 1. The van der Waals surface area contributed by atoms with Gasteiger partial charge in [-0.25, -0.2) is 17.9 Å². The predicted octanol–water partition coefficient (Wildman–Crippen LogP) is 0.320. The summed E-state index contributed by atoms with van der Waals surface area (Å²) in [7, 11) is -3.54. The Bertz CT molecular complexity index is 433. The van der Waals surface area contributed by atoms with E-state index in [0.717, 1.165) is 6.26 Å². The maximum atomic E-state index is 12.0. The molecule has 0 aliphatic carbocycles. The summed E-state index contributed by atoms with van der Waals surface area (Å²) < 4.78 is 24.8. The Hall–Kier alpha value is -1.15. The van der Waals surface area contributed by atoms with Crippen LogP contribution in [0, 0.1) is 5.92 Å². The largest absolute Gasteiger partial charge is 0.480 e. The van der Waals surface area contributed by atoms with E-state index < -0.39 is 34.0 Å². The van der Waals surface area contributed by atoms with Crippen molar-refractivity contribution in [2.75, 3.05) is 6.26 Å². The normalized spacial score (nSPS) is 14.8. The molecule has 3 N–H and O–H groups in total. The van der Waals surface area contributed by atoms with E-state index in [1.54, 1.807) is 0 Å². The van der Waals surface area contributed by atoms with Gasteiger partial charge in [0.05, 0.1) is 6.26 Å². The molecule has 118 valence electrons. The van der Waals surface area contributed by atoms with E-state index >= 15 is 0 Å². The third-order valence-electron chi connectivity index (χ3n) is 2.57. The Morgan fingerprint density at radius 1 is 1.20 bits per heavy atom. The molecule has 0 radical (unpaired) electrons. The van der Waals surface area contributed by atoms with Gasteiger partial charge in [-0.05, 0) is 18.8 Å². The van der Waals surface area contributed by atoms with Gasteiger partial charge in [0.2, 0.25) is 15.9 Å². The number of nitrogens with one attached hydrogen (secondary N) is 2. The molecule has 0 aromatic rings. The van der Waals surface area contributed by atoms with Crippen LogP contribution in [0.1, 0.15) is 40.0 Å². The second-order valence-electron chi connectivity index (χ2n) is 5.26. The Kier molecular flexibility index (Phi) is 7.74. The summed E-state index contributed by atoms with van der Waals surface area (Å²) in [6.07, 6.45) is 2.17. The summed E-state index contributed by atoms with van der Waals surface area (Å²) in [6.45, 7) is 5.51. The van der Waals surface area contributed by atoms with Crippen LogP contribution in [0.4, 0.5) is 0 Å². The van der Waals surface area contributed by atoms with Crippen LogP contribution in [-0.2, 0) is 19.6 Å². The molecule has 1 unspecified atom stereocenters. The molecule has 8 heteroatoms. The molecule has 20 heavy (non-hydrogen) atoms. The lowest BCUT2D eigenvalue weighted by Gasteiger charge is -2.21. The molecule has 0 saturated heterocycles. The number of aliphatic carboxylic acids is 1. The van der Waals surface area contributed by atoms with Gasteiger partial charge in [0, 0.05) is 0 Å². The second-order valence-corrected chi connectivity index (χ2v) is 7.04. The summed E-state index contributed by atoms with van der Waals surface area (Å²) >= 11 is 0. The van der Waals surface area contributed by atoms with Crippen LogP contribution in [-0.4, -0.2) is 43.7 Å². The molecule has 2 atom stereocenters. The summed E-state index contributed by atoms with van der Waals surface area (Å²) in [4.78, 5) is 23.0. The molecule has 0 fully saturated rings. The average molecular weight is 308 g/mol. The zero-order valence-electron chi connectivity index (χ0n) is 12.3. The van der Waals surface area contributed by atoms with Gasteiger partial charge in [-0.1, -0.05) is 27.2 Å². The number of carbonyl (C=O) groups excluding carboxylic acids is 1. The lowest BCUT2D eigenvalue weighted by Crippen LogP contribution is -2.51. The number of carboxylic acids is 1. The van der Waals surface area contributed by atoms with Crippen LogP contribution >= 0.6 is 0 Å². The van der Waals surface area contributed by atoms with Crippen molar-refractivity contribution < 1.29 is 23.1 Å². The van der Waals surface area contributed by atoms with Gasteiger partial charge < -0.3 is 10.4 Å². The number of sulfonamides is 1. The van der Waals surface area contributed by atoms with Crippen LogP contribution in [0.2, 0.25) is 0 Å². The van der Waals surface area contributed by atoms with E-state index in [-0.39, 0.29) is 5.92 Å². The smallest absolute Gasteiger partial charge is 0.326 e. The maximum absolute atomic E-state index is 12.0. The standard InChI is InChI=1S/C12H24N2O5S/c1-5-6-9(12(16)17)13-11(15)10(7-8(2)3)14-20(4,18)19/h8-10,14H,5-7H2,1-4H3,(H,13,15)(H,16,17)/t9-,10?/m1/s1. The SMILES string of the molecule is CCC[C@@H](NC(=O)C(CC(C)C)NS(C)(=O)=O)C(=O)O. The van der Waals surface area contributed by atoms with Crippen molar-refractivity contribution in [3.8, 4) is 0 Å². The molecule has 0 heterocycles. The van der Waals surface area contributed by atoms with E-state index in [2.05, 4.69) is 10.0 Å². The van der Waals surface area contributed by atoms with Crippen LogP contribution in [0.15, 0.2) is 0 Å². The third-order valence-corrected chi connectivity index (χ3v) is 3.28. The summed E-state index contributed by atoms with van der Waals surface area (Å²) in [5.74, 6) is -1.64. The molecule has 0 spiro atoms. The predicted molar refractivity (Wildman–Crippen MR) is 75.7 cm³/mol. The molecule has 0 aromatic carbocycles. The molecule has 0 saturated carbocycles. The average Bonchev–Trinajstić information content (AvgIpc) is 2.24. The van der Waals surface area contributed by atoms with Crippen LogP contribution in [0.5, 0.6) is 0 Å². The maximum Gasteiger partial charge on any atom is 0.326 e. The van der Waals surface area contributed by atoms with Crippen molar-refractivity contribution in [2.24, 2.45) is 5.92 Å². The van der Waals surface area contributed by atoms with Crippen LogP contribution in [0.3, 0.4) is 0 Å². The third kappa shape index (κ3) is 8.11. The van der Waals surface area contributed by atoms with Gasteiger partial charge in [-0.15, -0.1) is 0 Å². The Balaban J connectivity index is 4.89. The van der Waals surface area contributed by atoms with E-state index in [4.69, 9.17) is 5.11 Å². The second kappa shape index (κ2) is 8.21. The zero-order chi connectivity index (χ0) is 15.9. The van der Waals surface area contributed by atoms with E-state index in [9.17, 15) is 18.0 Å². The molecule has 0 aliphatic heterocycles. The first-order valence-corrected chi connectivity index (χ1v) is 8.46. The van der Waals surface area contributed by atoms with Gasteiger partial charge in [0.1, 0.15) is 12.1 Å².